The van der Waals surface area contributed by atoms with Gasteiger partial charge in [0.25, 0.3) is 0 Å². The maximum Gasteiger partial charge on any atom is 0.133 e. The Morgan fingerprint density at radius 1 is 1.54 bits per heavy atom. The highest BCUT2D eigenvalue weighted by Crippen LogP contribution is 2.29. The van der Waals surface area contributed by atoms with Crippen LogP contribution in [0.15, 0.2) is 46.8 Å². The number of hydrogen-bond acceptors (Lipinski definition) is 5. The quantitative estimate of drug-likeness (QED) is 0.424. The Bertz CT molecular complexity index is 817. The second-order valence-corrected chi connectivity index (χ2v) is 8.08. The lowest BCUT2D eigenvalue weighted by molar-refractivity contribution is 0.203. The third-order valence-electron chi connectivity index (χ3n) is 5.10. The van der Waals surface area contributed by atoms with E-state index in [0.717, 1.165) is 43.1 Å². The molecule has 3 rings (SSSR count). The van der Waals surface area contributed by atoms with Crippen molar-refractivity contribution in [1.29, 1.82) is 0 Å². The Kier molecular flexibility index (Phi) is 6.88. The van der Waals surface area contributed by atoms with Gasteiger partial charge < -0.3 is 10.2 Å². The van der Waals surface area contributed by atoms with Crippen molar-refractivity contribution in [2.24, 2.45) is 9.98 Å². The number of halogens is 1. The van der Waals surface area contributed by atoms with Crippen LogP contribution >= 0.6 is 11.8 Å². The maximum absolute atomic E-state index is 14.3. The summed E-state index contributed by atoms with van der Waals surface area (Å²) in [5.41, 5.74) is 3.30. The van der Waals surface area contributed by atoms with Crippen molar-refractivity contribution in [3.8, 4) is 0 Å². The van der Waals surface area contributed by atoms with E-state index in [9.17, 15) is 4.39 Å². The molecule has 1 aromatic heterocycles. The second-order valence-electron chi connectivity index (χ2n) is 7.00. The summed E-state index contributed by atoms with van der Waals surface area (Å²) in [7, 11) is 0. The Hall–Kier alpha value is -2.15. The summed E-state index contributed by atoms with van der Waals surface area (Å²) < 4.78 is 14.3. The Labute approximate surface area is 170 Å². The summed E-state index contributed by atoms with van der Waals surface area (Å²) in [6, 6.07) is 2.02. The third-order valence-corrected chi connectivity index (χ3v) is 6.24. The van der Waals surface area contributed by atoms with Crippen LogP contribution in [0.5, 0.6) is 0 Å². The Balaban J connectivity index is 1.70. The van der Waals surface area contributed by atoms with E-state index in [4.69, 9.17) is 0 Å². The molecule has 7 heteroatoms. The SMILES string of the molecule is C=C/C=C(\N=C(/C)N1CCC(SC)C(F)C1)Nc1cc2c(cn1)N=C(CC)C2. The number of nitrogens with zero attached hydrogens (tertiary/aromatic N) is 4. The van der Waals surface area contributed by atoms with E-state index in [0.29, 0.717) is 12.4 Å². The molecule has 28 heavy (non-hydrogen) atoms. The van der Waals surface area contributed by atoms with Crippen LogP contribution in [0, 0.1) is 0 Å². The van der Waals surface area contributed by atoms with Gasteiger partial charge in [-0.15, -0.1) is 0 Å². The van der Waals surface area contributed by atoms with Gasteiger partial charge in [-0.1, -0.05) is 19.6 Å². The van der Waals surface area contributed by atoms with Gasteiger partial charge in [0.15, 0.2) is 0 Å². The molecule has 1 N–H and O–H groups in total. The summed E-state index contributed by atoms with van der Waals surface area (Å²) in [5, 5.41) is 3.34. The highest BCUT2D eigenvalue weighted by Gasteiger charge is 2.29. The average Bonchev–Trinajstić information content (AvgIpc) is 3.10. The van der Waals surface area contributed by atoms with E-state index >= 15 is 0 Å². The molecule has 1 fully saturated rings. The first-order chi connectivity index (χ1) is 13.5. The van der Waals surface area contributed by atoms with Crippen LogP contribution < -0.4 is 5.32 Å². The fraction of sp³-hybridized carbons (Fsp3) is 0.476. The van der Waals surface area contributed by atoms with Gasteiger partial charge in [-0.05, 0) is 43.7 Å². The van der Waals surface area contributed by atoms with Crippen molar-refractivity contribution in [3.63, 3.8) is 0 Å². The van der Waals surface area contributed by atoms with E-state index < -0.39 is 6.17 Å². The van der Waals surface area contributed by atoms with E-state index in [1.807, 2.05) is 24.1 Å². The predicted molar refractivity (Wildman–Crippen MR) is 119 cm³/mol. The molecular formula is C21H28FN5S. The fourth-order valence-corrected chi connectivity index (χ4v) is 4.19. The molecule has 150 valence electrons. The van der Waals surface area contributed by atoms with Crippen molar-refractivity contribution in [2.75, 3.05) is 24.7 Å². The number of anilines is 1. The molecule has 0 amide bonds. The lowest BCUT2D eigenvalue weighted by atomic mass is 10.1. The van der Waals surface area contributed by atoms with Gasteiger partial charge in [-0.3, -0.25) is 4.99 Å². The topological polar surface area (TPSA) is 52.9 Å². The summed E-state index contributed by atoms with van der Waals surface area (Å²) in [4.78, 5) is 15.7. The molecule has 0 radical (unpaired) electrons. The van der Waals surface area contributed by atoms with Gasteiger partial charge >= 0.3 is 0 Å². The number of likely N-dealkylation sites (tertiary alicyclic amines) is 1. The number of thioether (sulfide) groups is 1. The van der Waals surface area contributed by atoms with Gasteiger partial charge in [0.2, 0.25) is 0 Å². The summed E-state index contributed by atoms with van der Waals surface area (Å²) >= 11 is 1.61. The summed E-state index contributed by atoms with van der Waals surface area (Å²) in [5.74, 6) is 2.15. The smallest absolute Gasteiger partial charge is 0.133 e. The van der Waals surface area contributed by atoms with Crippen LogP contribution in [0.3, 0.4) is 0 Å². The molecule has 0 saturated carbocycles. The number of rotatable bonds is 6. The van der Waals surface area contributed by atoms with E-state index in [-0.39, 0.29) is 5.25 Å². The molecule has 0 bridgehead atoms. The van der Waals surface area contributed by atoms with Gasteiger partial charge in [-0.2, -0.15) is 11.8 Å². The number of alkyl halides is 1. The zero-order chi connectivity index (χ0) is 20.1. The number of allylic oxidation sites excluding steroid dienone is 2. The number of aromatic nitrogens is 1. The molecule has 1 saturated heterocycles. The molecule has 2 unspecified atom stereocenters. The van der Waals surface area contributed by atoms with Gasteiger partial charge in [0, 0.05) is 23.9 Å². The van der Waals surface area contributed by atoms with Crippen LogP contribution in [-0.2, 0) is 6.42 Å². The van der Waals surface area contributed by atoms with Crippen molar-refractivity contribution in [3.05, 3.63) is 42.4 Å². The number of hydrogen-bond donors (Lipinski definition) is 1. The molecule has 3 heterocycles. The molecule has 0 aliphatic carbocycles. The molecule has 2 aliphatic rings. The van der Waals surface area contributed by atoms with Crippen molar-refractivity contribution in [1.82, 2.24) is 9.88 Å². The van der Waals surface area contributed by atoms with Gasteiger partial charge in [0.05, 0.1) is 18.4 Å². The minimum atomic E-state index is -0.833. The maximum atomic E-state index is 14.3. The zero-order valence-electron chi connectivity index (χ0n) is 16.8. The summed E-state index contributed by atoms with van der Waals surface area (Å²) in [6.45, 7) is 9.01. The fourth-order valence-electron chi connectivity index (χ4n) is 3.47. The molecular weight excluding hydrogens is 373 g/mol. The molecule has 5 nitrogen and oxygen atoms in total. The summed E-state index contributed by atoms with van der Waals surface area (Å²) in [6.07, 6.45) is 9.06. The van der Waals surface area contributed by atoms with Crippen LogP contribution in [0.4, 0.5) is 15.9 Å². The van der Waals surface area contributed by atoms with Crippen molar-refractivity contribution >= 4 is 34.8 Å². The first-order valence-electron chi connectivity index (χ1n) is 9.66. The van der Waals surface area contributed by atoms with E-state index in [2.05, 4.69) is 33.8 Å². The first kappa shape index (κ1) is 20.6. The van der Waals surface area contributed by atoms with E-state index in [1.54, 1.807) is 30.1 Å². The van der Waals surface area contributed by atoms with Crippen LogP contribution in [0.25, 0.3) is 0 Å². The molecule has 0 aromatic carbocycles. The van der Waals surface area contributed by atoms with Crippen molar-refractivity contribution < 1.29 is 4.39 Å². The number of nitrogens with one attached hydrogen (secondary N) is 1. The monoisotopic (exact) mass is 401 g/mol. The number of pyridine rings is 1. The Morgan fingerprint density at radius 2 is 2.36 bits per heavy atom. The van der Waals surface area contributed by atoms with Gasteiger partial charge in [0.1, 0.15) is 23.6 Å². The van der Waals surface area contributed by atoms with Gasteiger partial charge in [-0.25, -0.2) is 14.4 Å². The predicted octanol–water partition coefficient (Wildman–Crippen LogP) is 4.75. The highest BCUT2D eigenvalue weighted by atomic mass is 32.2. The highest BCUT2D eigenvalue weighted by molar-refractivity contribution is 7.99. The van der Waals surface area contributed by atoms with Crippen LogP contribution in [0.1, 0.15) is 32.3 Å². The van der Waals surface area contributed by atoms with Crippen molar-refractivity contribution in [2.45, 2.75) is 44.5 Å². The standard InChI is InChI=1S/C21H28FN5S/c1-5-7-20(24-14(3)27-9-8-19(28-4)17(22)13-27)26-21-11-15-10-16(6-2)25-18(15)12-23-21/h5,7,11-12,17,19H,1,6,8-10,13H2,2-4H3,(H,23,26)/b20-7+,24-14+. The first-order valence-corrected chi connectivity index (χ1v) is 10.9. The zero-order valence-corrected chi connectivity index (χ0v) is 17.6. The third kappa shape index (κ3) is 4.82. The number of aliphatic imine (C=N–C) groups is 2. The average molecular weight is 402 g/mol. The molecule has 2 atom stereocenters. The minimum Gasteiger partial charge on any atom is -0.357 e. The minimum absolute atomic E-state index is 0.0798. The largest absolute Gasteiger partial charge is 0.357 e. The number of piperidine rings is 1. The normalized spacial score (nSPS) is 22.7. The molecule has 0 spiro atoms. The number of amidine groups is 1. The van der Waals surface area contributed by atoms with E-state index in [1.165, 1.54) is 11.3 Å². The molecule has 1 aromatic rings. The van der Waals surface area contributed by atoms with Crippen LogP contribution in [-0.4, -0.2) is 52.2 Å². The van der Waals surface area contributed by atoms with Crippen LogP contribution in [0.2, 0.25) is 0 Å². The lowest BCUT2D eigenvalue weighted by Gasteiger charge is -2.35. The Morgan fingerprint density at radius 3 is 3.04 bits per heavy atom. The lowest BCUT2D eigenvalue weighted by Crippen LogP contribution is -2.45. The number of fused-ring (bicyclic) bond motifs is 1. The molecule has 2 aliphatic heterocycles. The second kappa shape index (κ2) is 9.37.